The number of aryl methyl sites for hydroxylation is 2. The molecule has 7 nitrogen and oxygen atoms in total. The monoisotopic (exact) mass is 354 g/mol. The highest BCUT2D eigenvalue weighted by Gasteiger charge is 2.45. The van der Waals surface area contributed by atoms with Gasteiger partial charge in [0.15, 0.2) is 5.82 Å². The number of carbonyl (C=O) groups excluding carboxylic acids is 1. The number of hydrogen-bond donors (Lipinski definition) is 0. The standard InChI is InChI=1S/C19H26N6O/c1-13-4-7-18(22-21-13)23(3)17-6-5-15-10-25(11-16(15)17)19(26)12-24-9-8-20-14(24)2/h4,7-9,15-17H,5-6,10-12H2,1-3H3/t15-,16+,17-/m1/s1. The third-order valence-electron chi connectivity index (χ3n) is 6.04. The lowest BCUT2D eigenvalue weighted by Gasteiger charge is -2.30. The Balaban J connectivity index is 1.42. The molecule has 0 aromatic carbocycles. The maximum Gasteiger partial charge on any atom is 0.242 e. The number of hydrogen-bond acceptors (Lipinski definition) is 5. The summed E-state index contributed by atoms with van der Waals surface area (Å²) in [7, 11) is 2.10. The molecule has 1 amide bonds. The molecular weight excluding hydrogens is 328 g/mol. The third kappa shape index (κ3) is 3.06. The van der Waals surface area contributed by atoms with Crippen molar-refractivity contribution in [1.82, 2.24) is 24.6 Å². The molecule has 3 heterocycles. The summed E-state index contributed by atoms with van der Waals surface area (Å²) < 4.78 is 1.92. The molecule has 1 aliphatic carbocycles. The van der Waals surface area contributed by atoms with Gasteiger partial charge in [0.25, 0.3) is 0 Å². The predicted molar refractivity (Wildman–Crippen MR) is 98.7 cm³/mol. The molecule has 0 N–H and O–H groups in total. The fourth-order valence-electron chi connectivity index (χ4n) is 4.49. The highest BCUT2D eigenvalue weighted by atomic mass is 16.2. The number of anilines is 1. The first-order valence-corrected chi connectivity index (χ1v) is 9.31. The Hall–Kier alpha value is -2.44. The SMILES string of the molecule is Cc1ccc(N(C)[C@@H]2CC[C@@H]3CN(C(=O)Cn4ccnc4C)C[C@@H]32)nn1. The highest BCUT2D eigenvalue weighted by molar-refractivity contribution is 5.76. The number of fused-ring (bicyclic) bond motifs is 1. The third-order valence-corrected chi connectivity index (χ3v) is 6.04. The molecule has 1 saturated carbocycles. The summed E-state index contributed by atoms with van der Waals surface area (Å²) in [6, 6.07) is 4.46. The summed E-state index contributed by atoms with van der Waals surface area (Å²) in [5.74, 6) is 3.09. The van der Waals surface area contributed by atoms with Gasteiger partial charge < -0.3 is 14.4 Å². The number of carbonyl (C=O) groups is 1. The maximum absolute atomic E-state index is 12.7. The van der Waals surface area contributed by atoms with Gasteiger partial charge in [0.1, 0.15) is 12.4 Å². The van der Waals surface area contributed by atoms with Gasteiger partial charge in [-0.2, -0.15) is 5.10 Å². The second-order valence-corrected chi connectivity index (χ2v) is 7.61. The van der Waals surface area contributed by atoms with Gasteiger partial charge in [-0.3, -0.25) is 4.79 Å². The van der Waals surface area contributed by atoms with E-state index in [2.05, 4.69) is 27.1 Å². The van der Waals surface area contributed by atoms with E-state index in [1.54, 1.807) is 6.20 Å². The number of amides is 1. The first-order valence-electron chi connectivity index (χ1n) is 9.31. The molecule has 0 radical (unpaired) electrons. The van der Waals surface area contributed by atoms with Crippen molar-refractivity contribution in [3.8, 4) is 0 Å². The molecule has 3 atom stereocenters. The number of likely N-dealkylation sites (tertiary alicyclic amines) is 1. The second-order valence-electron chi connectivity index (χ2n) is 7.61. The minimum atomic E-state index is 0.192. The zero-order chi connectivity index (χ0) is 18.3. The lowest BCUT2D eigenvalue weighted by Crippen LogP contribution is -2.39. The molecule has 1 aliphatic heterocycles. The van der Waals surface area contributed by atoms with Crippen molar-refractivity contribution in [2.75, 3.05) is 25.0 Å². The number of rotatable bonds is 4. The minimum absolute atomic E-state index is 0.192. The van der Waals surface area contributed by atoms with Gasteiger partial charge in [0, 0.05) is 44.5 Å². The van der Waals surface area contributed by atoms with Crippen LogP contribution < -0.4 is 4.90 Å². The molecule has 0 spiro atoms. The van der Waals surface area contributed by atoms with E-state index in [-0.39, 0.29) is 5.91 Å². The van der Waals surface area contributed by atoms with E-state index in [0.717, 1.165) is 36.8 Å². The van der Waals surface area contributed by atoms with E-state index in [1.807, 2.05) is 41.6 Å². The molecular formula is C19H26N6O. The quantitative estimate of drug-likeness (QED) is 0.835. The minimum Gasteiger partial charge on any atom is -0.355 e. The molecule has 2 aliphatic rings. The number of aromatic nitrogens is 4. The van der Waals surface area contributed by atoms with Gasteiger partial charge in [0.05, 0.1) is 5.69 Å². The Labute approximate surface area is 154 Å². The van der Waals surface area contributed by atoms with Crippen LogP contribution in [0.25, 0.3) is 0 Å². The first kappa shape index (κ1) is 17.0. The summed E-state index contributed by atoms with van der Waals surface area (Å²) in [5, 5.41) is 8.52. The van der Waals surface area contributed by atoms with E-state index in [4.69, 9.17) is 0 Å². The van der Waals surface area contributed by atoms with Crippen molar-refractivity contribution >= 4 is 11.7 Å². The average Bonchev–Trinajstić information content (AvgIpc) is 3.31. The van der Waals surface area contributed by atoms with Gasteiger partial charge in [-0.1, -0.05) is 0 Å². The fourth-order valence-corrected chi connectivity index (χ4v) is 4.49. The fraction of sp³-hybridized carbons (Fsp3) is 0.579. The summed E-state index contributed by atoms with van der Waals surface area (Å²) in [6.07, 6.45) is 5.95. The van der Waals surface area contributed by atoms with Crippen molar-refractivity contribution in [1.29, 1.82) is 0 Å². The summed E-state index contributed by atoms with van der Waals surface area (Å²) in [4.78, 5) is 21.2. The van der Waals surface area contributed by atoms with Crippen LogP contribution in [0, 0.1) is 25.7 Å². The van der Waals surface area contributed by atoms with E-state index >= 15 is 0 Å². The molecule has 1 saturated heterocycles. The zero-order valence-electron chi connectivity index (χ0n) is 15.7. The van der Waals surface area contributed by atoms with Gasteiger partial charge >= 0.3 is 0 Å². The average molecular weight is 354 g/mol. The smallest absolute Gasteiger partial charge is 0.242 e. The molecule has 26 heavy (non-hydrogen) atoms. The van der Waals surface area contributed by atoms with Gasteiger partial charge in [0.2, 0.25) is 5.91 Å². The number of imidazole rings is 1. The van der Waals surface area contributed by atoms with Crippen LogP contribution in [0.5, 0.6) is 0 Å². The Morgan fingerprint density at radius 1 is 1.23 bits per heavy atom. The molecule has 138 valence electrons. The molecule has 7 heteroatoms. The van der Waals surface area contributed by atoms with Crippen LogP contribution in [0.4, 0.5) is 5.82 Å². The van der Waals surface area contributed by atoms with Crippen molar-refractivity contribution in [3.05, 3.63) is 36.0 Å². The van der Waals surface area contributed by atoms with Crippen molar-refractivity contribution in [3.63, 3.8) is 0 Å². The molecule has 2 fully saturated rings. The van der Waals surface area contributed by atoms with Gasteiger partial charge in [-0.25, -0.2) is 4.98 Å². The second kappa shape index (κ2) is 6.70. The Bertz CT molecular complexity index is 786. The van der Waals surface area contributed by atoms with Crippen molar-refractivity contribution in [2.45, 2.75) is 39.3 Å². The summed E-state index contributed by atoms with van der Waals surface area (Å²) >= 11 is 0. The van der Waals surface area contributed by atoms with Crippen LogP contribution in [-0.2, 0) is 11.3 Å². The largest absolute Gasteiger partial charge is 0.355 e. The van der Waals surface area contributed by atoms with E-state index in [1.165, 1.54) is 6.42 Å². The molecule has 0 bridgehead atoms. The Morgan fingerprint density at radius 2 is 2.08 bits per heavy atom. The van der Waals surface area contributed by atoms with Crippen LogP contribution in [-0.4, -0.2) is 56.7 Å². The Kier molecular flexibility index (Phi) is 4.38. The summed E-state index contributed by atoms with van der Waals surface area (Å²) in [5.41, 5.74) is 0.930. The maximum atomic E-state index is 12.7. The number of nitrogens with zero attached hydrogens (tertiary/aromatic N) is 6. The van der Waals surface area contributed by atoms with Crippen molar-refractivity contribution < 1.29 is 4.79 Å². The molecule has 2 aromatic rings. The van der Waals surface area contributed by atoms with Gasteiger partial charge in [-0.05, 0) is 44.7 Å². The Morgan fingerprint density at radius 3 is 2.77 bits per heavy atom. The van der Waals surface area contributed by atoms with Gasteiger partial charge in [-0.15, -0.1) is 5.10 Å². The highest BCUT2D eigenvalue weighted by Crippen LogP contribution is 2.41. The zero-order valence-corrected chi connectivity index (χ0v) is 15.7. The van der Waals surface area contributed by atoms with Crippen LogP contribution in [0.3, 0.4) is 0 Å². The van der Waals surface area contributed by atoms with Crippen LogP contribution >= 0.6 is 0 Å². The van der Waals surface area contributed by atoms with E-state index in [0.29, 0.717) is 24.4 Å². The predicted octanol–water partition coefficient (Wildman–Crippen LogP) is 1.66. The van der Waals surface area contributed by atoms with Crippen LogP contribution in [0.15, 0.2) is 24.5 Å². The summed E-state index contributed by atoms with van der Waals surface area (Å²) in [6.45, 7) is 5.98. The first-order chi connectivity index (χ1) is 12.5. The molecule has 4 rings (SSSR count). The lowest BCUT2D eigenvalue weighted by molar-refractivity contribution is -0.131. The lowest BCUT2D eigenvalue weighted by atomic mass is 9.97. The van der Waals surface area contributed by atoms with Crippen LogP contribution in [0.1, 0.15) is 24.4 Å². The normalized spacial score (nSPS) is 24.7. The van der Waals surface area contributed by atoms with E-state index < -0.39 is 0 Å². The topological polar surface area (TPSA) is 67.2 Å². The van der Waals surface area contributed by atoms with E-state index in [9.17, 15) is 4.79 Å². The van der Waals surface area contributed by atoms with Crippen LogP contribution in [0.2, 0.25) is 0 Å². The molecule has 0 unspecified atom stereocenters. The van der Waals surface area contributed by atoms with Crippen molar-refractivity contribution in [2.24, 2.45) is 11.8 Å². The molecule has 2 aromatic heterocycles.